The zero-order valence-electron chi connectivity index (χ0n) is 41.9. The molecule has 1 amide bonds. The fraction of sp³-hybridized carbons (Fsp3) is 0.389. The van der Waals surface area contributed by atoms with Gasteiger partial charge in [-0.25, -0.2) is 14.4 Å². The third-order valence-corrected chi connectivity index (χ3v) is 15.3. The lowest BCUT2D eigenvalue weighted by Gasteiger charge is -2.67. The van der Waals surface area contributed by atoms with Crippen LogP contribution < -0.4 is 5.32 Å². The molecule has 1 heterocycles. The van der Waals surface area contributed by atoms with Crippen LogP contribution in [0.3, 0.4) is 0 Å². The molecule has 3 N–H and O–H groups in total. The molecule has 396 valence electrons. The van der Waals surface area contributed by atoms with Crippen LogP contribution in [0.2, 0.25) is 0 Å². The molecular weight excluding hydrogens is 991 g/mol. The minimum atomic E-state index is -2.62. The molecule has 76 heavy (non-hydrogen) atoms. The molecule has 2 saturated carbocycles. The van der Waals surface area contributed by atoms with Gasteiger partial charge in [0.2, 0.25) is 0 Å². The summed E-state index contributed by atoms with van der Waals surface area (Å²) >= 11 is 0. The molecule has 4 aromatic carbocycles. The molecule has 2 bridgehead atoms. The number of aliphatic hydroxyl groups excluding tert-OH is 1. The quantitative estimate of drug-likeness (QED) is 0.0178. The summed E-state index contributed by atoms with van der Waals surface area (Å²) in [6.07, 6.45) is -12.2. The summed E-state index contributed by atoms with van der Waals surface area (Å²) in [5, 5.41) is 44.5. The molecule has 0 radical (unpaired) electrons. The number of nitrogens with zero attached hydrogens (tertiary/aromatic N) is 4. The van der Waals surface area contributed by atoms with Gasteiger partial charge in [0.1, 0.15) is 35.6 Å². The van der Waals surface area contributed by atoms with Crippen molar-refractivity contribution in [1.82, 2.24) is 5.32 Å². The van der Waals surface area contributed by atoms with Crippen molar-refractivity contribution >= 4 is 52.9 Å². The van der Waals surface area contributed by atoms with Crippen LogP contribution in [0.25, 0.3) is 10.4 Å². The number of nitrogens with one attached hydrogen (secondary N) is 1. The van der Waals surface area contributed by atoms with Crippen LogP contribution in [0.5, 0.6) is 0 Å². The normalized spacial score (nSPS) is 27.8. The smallest absolute Gasteiger partial charge is 0.345 e. The fourth-order valence-electron chi connectivity index (χ4n) is 11.5. The van der Waals surface area contributed by atoms with Gasteiger partial charge >= 0.3 is 29.8 Å². The number of hydrogen-bond acceptors (Lipinski definition) is 18. The van der Waals surface area contributed by atoms with Gasteiger partial charge in [-0.15, -0.1) is 0 Å². The fourth-order valence-corrected chi connectivity index (χ4v) is 11.5. The third-order valence-electron chi connectivity index (χ3n) is 15.3. The Kier molecular flexibility index (Phi) is 14.8. The molecule has 11 atom stereocenters. The van der Waals surface area contributed by atoms with Crippen molar-refractivity contribution in [2.45, 2.75) is 108 Å². The van der Waals surface area contributed by atoms with Crippen molar-refractivity contribution in [3.63, 3.8) is 0 Å². The Bertz CT molecular complexity index is 3090. The second-order valence-electron chi connectivity index (χ2n) is 19.9. The van der Waals surface area contributed by atoms with Gasteiger partial charge in [0.25, 0.3) is 11.6 Å². The Morgan fingerprint density at radius 1 is 0.855 bits per heavy atom. The van der Waals surface area contributed by atoms with Crippen molar-refractivity contribution in [2.24, 2.45) is 21.9 Å². The second kappa shape index (κ2) is 20.8. The summed E-state index contributed by atoms with van der Waals surface area (Å²) in [5.41, 5.74) is -1.15. The summed E-state index contributed by atoms with van der Waals surface area (Å²) in [4.78, 5) is 115. The molecule has 4 aromatic rings. The standard InChI is InChI=1S/C54H53N5O17/c1-28-37(73-50(67)42(62)41(31-16-10-7-11-17-31)56-47(64)32-18-12-8-13-19-32)26-54(68)46(75-48(65)33-20-14-9-15-21-33)44-52(6,45(63)43(72-29(2)60)40(28)51(54,4)5)38(25-39-53(44,27-71-39)76-30(3)61)74-49(66)35-24-34(57-58-55)22-23-36(35)59(69)70/h7-24,37-39,41-44,46,62,68H,25-27H2,1-6H3,(H,56,64)/t37-,38-,39?,41-,42+,43+,44?,46-,52+,53-,54+/m0/s1. The van der Waals surface area contributed by atoms with E-state index in [1.807, 2.05) is 0 Å². The SMILES string of the molecule is CC(=O)O[C@H]1C(=O)[C@@]2(C)C([C@H](OC(=O)c3ccccc3)[C@]3(O)C[C@H](OC(=O)[C@H](O)[C@@H](NC(=O)c4ccccc4)c4ccccc4)C(C)=C1C3(C)C)[C@]1(OC(C)=O)COC1C[C@@H]2OC(=O)c1cc(N=[N+]=[N-])ccc1[N+](=O)[O-]. The number of rotatable bonds is 14. The molecule has 22 nitrogen and oxygen atoms in total. The monoisotopic (exact) mass is 1040 g/mol. The molecule has 0 aromatic heterocycles. The number of nitro benzene ring substituents is 1. The van der Waals surface area contributed by atoms with E-state index in [9.17, 15) is 49.1 Å². The lowest BCUT2D eigenvalue weighted by Crippen LogP contribution is -2.82. The average Bonchev–Trinajstić information content (AvgIpc) is 3.59. The number of ketones is 1. The molecule has 22 heteroatoms. The maximum atomic E-state index is 16.3. The van der Waals surface area contributed by atoms with E-state index in [1.54, 1.807) is 54.6 Å². The number of esters is 5. The second-order valence-corrected chi connectivity index (χ2v) is 19.9. The number of hydrogen-bond donors (Lipinski definition) is 3. The number of azide groups is 1. The molecule has 1 saturated heterocycles. The minimum Gasteiger partial charge on any atom is -0.457 e. The highest BCUT2D eigenvalue weighted by Gasteiger charge is 2.79. The summed E-state index contributed by atoms with van der Waals surface area (Å²) in [7, 11) is 0. The van der Waals surface area contributed by atoms with E-state index >= 15 is 4.79 Å². The largest absolute Gasteiger partial charge is 0.457 e. The molecule has 1 aliphatic heterocycles. The van der Waals surface area contributed by atoms with E-state index < -0.39 is 148 Å². The molecule has 3 fully saturated rings. The maximum absolute atomic E-state index is 16.3. The Morgan fingerprint density at radius 3 is 2.04 bits per heavy atom. The van der Waals surface area contributed by atoms with Gasteiger partial charge in [-0.3, -0.25) is 29.3 Å². The first kappa shape index (κ1) is 54.0. The van der Waals surface area contributed by atoms with Crippen molar-refractivity contribution in [3.8, 4) is 0 Å². The first-order valence-corrected chi connectivity index (χ1v) is 24.1. The lowest BCUT2D eigenvalue weighted by atomic mass is 9.44. The van der Waals surface area contributed by atoms with E-state index in [0.29, 0.717) is 5.56 Å². The summed E-state index contributed by atoms with van der Waals surface area (Å²) in [5.74, 6) is -9.32. The number of aliphatic hydroxyl groups is 2. The van der Waals surface area contributed by atoms with Crippen LogP contribution in [0.1, 0.15) is 97.1 Å². The van der Waals surface area contributed by atoms with Crippen molar-refractivity contribution in [2.75, 3.05) is 6.61 Å². The number of amides is 1. The number of Topliss-reactive ketones (excluding diaryl/α,β-unsaturated/α-hetero) is 1. The predicted molar refractivity (Wildman–Crippen MR) is 263 cm³/mol. The van der Waals surface area contributed by atoms with E-state index in [-0.39, 0.29) is 28.0 Å². The third kappa shape index (κ3) is 9.44. The molecule has 2 unspecified atom stereocenters. The number of carbonyl (C=O) groups excluding carboxylic acids is 7. The van der Waals surface area contributed by atoms with Gasteiger partial charge < -0.3 is 44.0 Å². The summed E-state index contributed by atoms with van der Waals surface area (Å²) < 4.78 is 37.0. The number of carbonyl (C=O) groups is 7. The van der Waals surface area contributed by atoms with E-state index in [1.165, 1.54) is 64.1 Å². The van der Waals surface area contributed by atoms with Gasteiger partial charge in [0, 0.05) is 54.3 Å². The Hall–Kier alpha value is -8.30. The van der Waals surface area contributed by atoms with Crippen LogP contribution in [-0.4, -0.2) is 111 Å². The van der Waals surface area contributed by atoms with Crippen LogP contribution in [0.15, 0.2) is 125 Å². The van der Waals surface area contributed by atoms with E-state index in [0.717, 1.165) is 32.0 Å². The van der Waals surface area contributed by atoms with Gasteiger partial charge in [-0.2, -0.15) is 0 Å². The topological polar surface area (TPSA) is 319 Å². The zero-order valence-corrected chi connectivity index (χ0v) is 41.9. The first-order chi connectivity index (χ1) is 36.0. The Morgan fingerprint density at radius 2 is 1.47 bits per heavy atom. The highest BCUT2D eigenvalue weighted by atomic mass is 16.6. The Labute approximate surface area is 434 Å². The van der Waals surface area contributed by atoms with Crippen LogP contribution in [0.4, 0.5) is 11.4 Å². The van der Waals surface area contributed by atoms with E-state index in [4.69, 9.17) is 34.0 Å². The van der Waals surface area contributed by atoms with Crippen LogP contribution in [-0.2, 0) is 47.6 Å². The highest BCUT2D eigenvalue weighted by molar-refractivity contribution is 5.98. The molecule has 3 aliphatic carbocycles. The zero-order chi connectivity index (χ0) is 55.1. The minimum absolute atomic E-state index is 0.0315. The van der Waals surface area contributed by atoms with Gasteiger partial charge in [-0.05, 0) is 72.5 Å². The molecule has 8 rings (SSSR count). The van der Waals surface area contributed by atoms with Crippen molar-refractivity contribution < 1.29 is 77.1 Å². The average molecular weight is 1040 g/mol. The number of ether oxygens (including phenoxy) is 6. The number of fused-ring (bicyclic) bond motifs is 5. The predicted octanol–water partition coefficient (Wildman–Crippen LogP) is 6.45. The van der Waals surface area contributed by atoms with Gasteiger partial charge in [-0.1, -0.05) is 85.7 Å². The summed E-state index contributed by atoms with van der Waals surface area (Å²) in [6.45, 7) is 7.23. The van der Waals surface area contributed by atoms with Crippen molar-refractivity contribution in [1.29, 1.82) is 0 Å². The van der Waals surface area contributed by atoms with E-state index in [2.05, 4.69) is 15.3 Å². The first-order valence-electron chi connectivity index (χ1n) is 24.1. The molecular formula is C54H53N5O17. The number of benzene rings is 4. The highest BCUT2D eigenvalue weighted by Crippen LogP contribution is 2.65. The van der Waals surface area contributed by atoms with Gasteiger partial charge in [0.15, 0.2) is 23.6 Å². The molecule has 4 aliphatic rings. The van der Waals surface area contributed by atoms with Crippen molar-refractivity contribution in [3.05, 3.63) is 163 Å². The lowest BCUT2D eigenvalue weighted by molar-refractivity contribution is -0.385. The molecule has 0 spiro atoms. The maximum Gasteiger partial charge on any atom is 0.345 e. The number of nitro groups is 1. The van der Waals surface area contributed by atoms with Crippen LogP contribution in [0, 0.1) is 26.9 Å². The Balaban J connectivity index is 1.33. The van der Waals surface area contributed by atoms with Crippen LogP contribution >= 0.6 is 0 Å². The van der Waals surface area contributed by atoms with Gasteiger partial charge in [0.05, 0.1) is 34.5 Å². The summed E-state index contributed by atoms with van der Waals surface area (Å²) in [6, 6.07) is 25.0.